The average Bonchev–Trinajstić information content (AvgIpc) is 3.06. The molecule has 0 unspecified atom stereocenters. The second kappa shape index (κ2) is 6.89. The highest BCUT2D eigenvalue weighted by Crippen LogP contribution is 2.22. The van der Waals surface area contributed by atoms with E-state index in [1.807, 2.05) is 13.8 Å². The van der Waals surface area contributed by atoms with Crippen molar-refractivity contribution in [2.45, 2.75) is 45.1 Å². The highest BCUT2D eigenvalue weighted by Gasteiger charge is 2.25. The van der Waals surface area contributed by atoms with Crippen molar-refractivity contribution in [1.82, 2.24) is 10.3 Å². The fraction of sp³-hybridized carbons (Fsp3) is 0.625. The predicted octanol–water partition coefficient (Wildman–Crippen LogP) is 1.96. The van der Waals surface area contributed by atoms with Crippen LogP contribution in [0.3, 0.4) is 0 Å². The number of rotatable bonds is 6. The number of nitrogens with one attached hydrogen (secondary N) is 1. The summed E-state index contributed by atoms with van der Waals surface area (Å²) >= 11 is 0. The first-order valence-corrected chi connectivity index (χ1v) is 7.80. The van der Waals surface area contributed by atoms with Gasteiger partial charge in [-0.3, -0.25) is 4.79 Å². The molecule has 0 aromatic carbocycles. The lowest BCUT2D eigenvalue weighted by atomic mass is 9.97. The molecule has 1 fully saturated rings. The molecule has 1 aromatic rings. The highest BCUT2D eigenvalue weighted by molar-refractivity contribution is 5.98. The fourth-order valence-corrected chi connectivity index (χ4v) is 2.60. The van der Waals surface area contributed by atoms with Gasteiger partial charge in [0.25, 0.3) is 5.91 Å². The van der Waals surface area contributed by atoms with E-state index in [9.17, 15) is 9.90 Å². The summed E-state index contributed by atoms with van der Waals surface area (Å²) in [5.41, 5.74) is -0.236. The molecule has 0 spiro atoms. The summed E-state index contributed by atoms with van der Waals surface area (Å²) in [6.45, 7) is 6.02. The van der Waals surface area contributed by atoms with E-state index in [-0.39, 0.29) is 12.5 Å². The SMILES string of the molecule is CCC(O)(CC)CNC(=O)c1cccnc1N1CCCC1. The van der Waals surface area contributed by atoms with Crippen LogP contribution in [0.5, 0.6) is 0 Å². The van der Waals surface area contributed by atoms with Crippen molar-refractivity contribution in [3.05, 3.63) is 23.9 Å². The molecule has 0 atom stereocenters. The van der Waals surface area contributed by atoms with Gasteiger partial charge < -0.3 is 15.3 Å². The topological polar surface area (TPSA) is 65.5 Å². The molecule has 5 nitrogen and oxygen atoms in total. The number of pyridine rings is 1. The number of aromatic nitrogens is 1. The second-order valence-corrected chi connectivity index (χ2v) is 5.68. The molecule has 0 aliphatic carbocycles. The molecule has 2 rings (SSSR count). The lowest BCUT2D eigenvalue weighted by Crippen LogP contribution is -2.42. The van der Waals surface area contributed by atoms with Crippen LogP contribution in [-0.2, 0) is 0 Å². The summed E-state index contributed by atoms with van der Waals surface area (Å²) in [7, 11) is 0. The monoisotopic (exact) mass is 291 g/mol. The maximum atomic E-state index is 12.4. The number of carbonyl (C=O) groups is 1. The van der Waals surface area contributed by atoms with E-state index in [0.717, 1.165) is 31.7 Å². The van der Waals surface area contributed by atoms with Gasteiger partial charge in [-0.1, -0.05) is 13.8 Å². The van der Waals surface area contributed by atoms with Crippen molar-refractivity contribution >= 4 is 11.7 Å². The summed E-state index contributed by atoms with van der Waals surface area (Å²) in [6, 6.07) is 3.58. The van der Waals surface area contributed by atoms with Crippen LogP contribution in [-0.4, -0.2) is 41.2 Å². The average molecular weight is 291 g/mol. The predicted molar refractivity (Wildman–Crippen MR) is 83.5 cm³/mol. The maximum Gasteiger partial charge on any atom is 0.255 e. The summed E-state index contributed by atoms with van der Waals surface area (Å²) in [6.07, 6.45) is 5.25. The molecule has 1 aliphatic rings. The minimum absolute atomic E-state index is 0.162. The zero-order chi connectivity index (χ0) is 15.3. The zero-order valence-electron chi connectivity index (χ0n) is 12.9. The van der Waals surface area contributed by atoms with Gasteiger partial charge in [0.05, 0.1) is 11.2 Å². The number of hydrogen-bond acceptors (Lipinski definition) is 4. The Labute approximate surface area is 126 Å². The van der Waals surface area contributed by atoms with Gasteiger partial charge in [-0.2, -0.15) is 0 Å². The Kier molecular flexibility index (Phi) is 5.17. The Bertz CT molecular complexity index is 480. The minimum Gasteiger partial charge on any atom is -0.388 e. The van der Waals surface area contributed by atoms with Crippen LogP contribution >= 0.6 is 0 Å². The third-order valence-electron chi connectivity index (χ3n) is 4.33. The quantitative estimate of drug-likeness (QED) is 0.841. The largest absolute Gasteiger partial charge is 0.388 e. The van der Waals surface area contributed by atoms with Gasteiger partial charge in [-0.15, -0.1) is 0 Å². The second-order valence-electron chi connectivity index (χ2n) is 5.68. The highest BCUT2D eigenvalue weighted by atomic mass is 16.3. The molecule has 21 heavy (non-hydrogen) atoms. The molecule has 116 valence electrons. The van der Waals surface area contributed by atoms with E-state index >= 15 is 0 Å². The lowest BCUT2D eigenvalue weighted by Gasteiger charge is -2.26. The van der Waals surface area contributed by atoms with Crippen LogP contribution in [0.25, 0.3) is 0 Å². The van der Waals surface area contributed by atoms with Gasteiger partial charge >= 0.3 is 0 Å². The Morgan fingerprint density at radius 2 is 2.05 bits per heavy atom. The first-order valence-electron chi connectivity index (χ1n) is 7.80. The number of anilines is 1. The summed E-state index contributed by atoms with van der Waals surface area (Å²) in [4.78, 5) is 18.9. The Morgan fingerprint density at radius 1 is 1.38 bits per heavy atom. The molecule has 2 N–H and O–H groups in total. The Hall–Kier alpha value is -1.62. The van der Waals surface area contributed by atoms with Gasteiger partial charge in [0.15, 0.2) is 0 Å². The van der Waals surface area contributed by atoms with Gasteiger partial charge in [0.1, 0.15) is 5.82 Å². The van der Waals surface area contributed by atoms with Gasteiger partial charge in [0, 0.05) is 25.8 Å². The zero-order valence-corrected chi connectivity index (χ0v) is 12.9. The number of hydrogen-bond donors (Lipinski definition) is 2. The molecule has 1 aromatic heterocycles. The van der Waals surface area contributed by atoms with Crippen molar-refractivity contribution in [2.24, 2.45) is 0 Å². The van der Waals surface area contributed by atoms with Crippen LogP contribution in [0.2, 0.25) is 0 Å². The fourth-order valence-electron chi connectivity index (χ4n) is 2.60. The van der Waals surface area contributed by atoms with E-state index in [1.165, 1.54) is 0 Å². The van der Waals surface area contributed by atoms with Crippen molar-refractivity contribution < 1.29 is 9.90 Å². The van der Waals surface area contributed by atoms with Gasteiger partial charge in [-0.25, -0.2) is 4.98 Å². The third-order valence-corrected chi connectivity index (χ3v) is 4.33. The first-order chi connectivity index (χ1) is 10.1. The summed E-state index contributed by atoms with van der Waals surface area (Å²) in [5, 5.41) is 13.1. The standard InChI is InChI=1S/C16H25N3O2/c1-3-16(21,4-2)12-18-15(20)13-8-7-9-17-14(13)19-10-5-6-11-19/h7-9,21H,3-6,10-12H2,1-2H3,(H,18,20). The van der Waals surface area contributed by atoms with Crippen molar-refractivity contribution in [3.63, 3.8) is 0 Å². The van der Waals surface area contributed by atoms with Crippen LogP contribution in [0.15, 0.2) is 18.3 Å². The number of amides is 1. The molecule has 0 bridgehead atoms. The number of aliphatic hydroxyl groups is 1. The van der Waals surface area contributed by atoms with Crippen LogP contribution < -0.4 is 10.2 Å². The molecular formula is C16H25N3O2. The first kappa shape index (κ1) is 15.8. The van der Waals surface area contributed by atoms with E-state index in [0.29, 0.717) is 18.4 Å². The molecule has 0 radical (unpaired) electrons. The Balaban J connectivity index is 2.09. The molecule has 2 heterocycles. The smallest absolute Gasteiger partial charge is 0.255 e. The Morgan fingerprint density at radius 3 is 2.67 bits per heavy atom. The number of nitrogens with zero attached hydrogens (tertiary/aromatic N) is 2. The van der Waals surface area contributed by atoms with E-state index in [4.69, 9.17) is 0 Å². The summed E-state index contributed by atoms with van der Waals surface area (Å²) in [5.74, 6) is 0.592. The molecule has 1 amide bonds. The molecular weight excluding hydrogens is 266 g/mol. The van der Waals surface area contributed by atoms with Crippen LogP contribution in [0, 0.1) is 0 Å². The van der Waals surface area contributed by atoms with Gasteiger partial charge in [0.2, 0.25) is 0 Å². The molecule has 1 saturated heterocycles. The van der Waals surface area contributed by atoms with E-state index in [1.54, 1.807) is 18.3 Å². The van der Waals surface area contributed by atoms with E-state index in [2.05, 4.69) is 15.2 Å². The third kappa shape index (κ3) is 3.73. The minimum atomic E-state index is -0.828. The van der Waals surface area contributed by atoms with Crippen molar-refractivity contribution in [2.75, 3.05) is 24.5 Å². The van der Waals surface area contributed by atoms with Crippen LogP contribution in [0.1, 0.15) is 49.9 Å². The van der Waals surface area contributed by atoms with Crippen molar-refractivity contribution in [3.8, 4) is 0 Å². The number of carbonyl (C=O) groups excluding carboxylic acids is 1. The normalized spacial score (nSPS) is 15.3. The lowest BCUT2D eigenvalue weighted by molar-refractivity contribution is 0.0314. The maximum absolute atomic E-state index is 12.4. The van der Waals surface area contributed by atoms with Crippen molar-refractivity contribution in [1.29, 1.82) is 0 Å². The molecule has 1 aliphatic heterocycles. The van der Waals surface area contributed by atoms with Crippen LogP contribution in [0.4, 0.5) is 5.82 Å². The summed E-state index contributed by atoms with van der Waals surface area (Å²) < 4.78 is 0. The molecule has 5 heteroatoms. The van der Waals surface area contributed by atoms with Gasteiger partial charge in [-0.05, 0) is 37.8 Å². The molecule has 0 saturated carbocycles. The van der Waals surface area contributed by atoms with E-state index < -0.39 is 5.60 Å².